The number of alkyl halides is 2. The molecule has 0 N–H and O–H groups in total. The van der Waals surface area contributed by atoms with Crippen LogP contribution in [0.3, 0.4) is 0 Å². The van der Waals surface area contributed by atoms with Gasteiger partial charge in [-0.2, -0.15) is 8.78 Å². The van der Waals surface area contributed by atoms with Crippen molar-refractivity contribution in [3.8, 4) is 0 Å². The van der Waals surface area contributed by atoms with E-state index in [1.54, 1.807) is 0 Å². The van der Waals surface area contributed by atoms with Gasteiger partial charge in [0.2, 0.25) is 0 Å². The van der Waals surface area contributed by atoms with Crippen LogP contribution in [0.5, 0.6) is 0 Å². The molecular formula is C2H2F3LiO2. The Bertz CT molecular complexity index is 75.7. The number of hydrogen-bond donors (Lipinski definition) is 0. The van der Waals surface area contributed by atoms with Gasteiger partial charge in [0.05, 0.1) is 0 Å². The Kier molecular flexibility index (Phi) is 6.74. The fourth-order valence-corrected chi connectivity index (χ4v) is 0.0337. The molecule has 0 rings (SSSR count). The quantitative estimate of drug-likeness (QED) is 0.458. The van der Waals surface area contributed by atoms with Gasteiger partial charge in [0.25, 0.3) is 0 Å². The average Bonchev–Trinajstić information content (AvgIpc) is 1.65. The van der Waals surface area contributed by atoms with Crippen molar-refractivity contribution in [2.75, 3.05) is 0 Å². The van der Waals surface area contributed by atoms with E-state index in [0.717, 1.165) is 0 Å². The van der Waals surface area contributed by atoms with Crippen LogP contribution in [0.4, 0.5) is 13.3 Å². The van der Waals surface area contributed by atoms with Crippen molar-refractivity contribution in [1.82, 2.24) is 0 Å². The van der Waals surface area contributed by atoms with E-state index in [0.29, 0.717) is 0 Å². The maximum absolute atomic E-state index is 10.7. The third-order valence-corrected chi connectivity index (χ3v) is 0.254. The summed E-state index contributed by atoms with van der Waals surface area (Å²) in [4.78, 5) is 11.3. The first kappa shape index (κ1) is 10.8. The summed E-state index contributed by atoms with van der Waals surface area (Å²) in [6, 6.07) is 0. The molecule has 0 bridgehead atoms. The van der Waals surface area contributed by atoms with E-state index < -0.39 is 12.4 Å². The monoisotopic (exact) mass is 122 g/mol. The van der Waals surface area contributed by atoms with Gasteiger partial charge in [-0.15, -0.1) is 0 Å². The number of halogens is 3. The summed E-state index contributed by atoms with van der Waals surface area (Å²) in [5, 5.41) is 0. The minimum atomic E-state index is -3.37. The molecule has 0 spiro atoms. The first-order valence-corrected chi connectivity index (χ1v) is 1.29. The Morgan fingerprint density at radius 3 is 1.88 bits per heavy atom. The van der Waals surface area contributed by atoms with Crippen molar-refractivity contribution in [3.63, 3.8) is 0 Å². The standard InChI is InChI=1S/C2HF3O2.Li.H/c3-1(4)2(6)7-5;;/h1H;;. The summed E-state index contributed by atoms with van der Waals surface area (Å²) >= 11 is 0. The fraction of sp³-hybridized carbons (Fsp3) is 0.500. The zero-order valence-corrected chi connectivity index (χ0v) is 3.03. The molecule has 0 aliphatic rings. The molecule has 0 aliphatic heterocycles. The molecular weight excluding hydrogens is 120 g/mol. The van der Waals surface area contributed by atoms with E-state index in [1.807, 2.05) is 0 Å². The predicted octanol–water partition coefficient (Wildman–Crippen LogP) is 0.0307. The second-order valence-corrected chi connectivity index (χ2v) is 0.697. The van der Waals surface area contributed by atoms with Crippen molar-refractivity contribution >= 4 is 24.8 Å². The van der Waals surface area contributed by atoms with E-state index in [4.69, 9.17) is 4.79 Å². The second kappa shape index (κ2) is 5.00. The van der Waals surface area contributed by atoms with Crippen molar-refractivity contribution in [1.29, 1.82) is 0 Å². The average molecular weight is 122 g/mol. The van der Waals surface area contributed by atoms with Gasteiger partial charge in [0.15, 0.2) is 0 Å². The summed E-state index contributed by atoms with van der Waals surface area (Å²) in [7, 11) is 0. The van der Waals surface area contributed by atoms with E-state index in [9.17, 15) is 13.3 Å². The second-order valence-electron chi connectivity index (χ2n) is 0.697. The van der Waals surface area contributed by atoms with Crippen molar-refractivity contribution < 1.29 is 23.0 Å². The number of carbonyl (C=O) groups is 1. The molecule has 8 heavy (non-hydrogen) atoms. The van der Waals surface area contributed by atoms with E-state index >= 15 is 0 Å². The Morgan fingerprint density at radius 1 is 1.50 bits per heavy atom. The first-order valence-electron chi connectivity index (χ1n) is 1.29. The maximum atomic E-state index is 10.7. The molecule has 0 aromatic rings. The summed E-state index contributed by atoms with van der Waals surface area (Å²) in [6.07, 6.45) is -3.37. The van der Waals surface area contributed by atoms with Gasteiger partial charge in [0.1, 0.15) is 0 Å². The molecule has 44 valence electrons. The van der Waals surface area contributed by atoms with Crippen molar-refractivity contribution in [3.05, 3.63) is 0 Å². The summed E-state index contributed by atoms with van der Waals surface area (Å²) in [6.45, 7) is 0. The molecule has 0 aromatic heterocycles. The summed E-state index contributed by atoms with van der Waals surface area (Å²) in [5.41, 5.74) is 0. The van der Waals surface area contributed by atoms with Crippen molar-refractivity contribution in [2.24, 2.45) is 0 Å². The van der Waals surface area contributed by atoms with Gasteiger partial charge in [-0.1, -0.05) is 0 Å². The van der Waals surface area contributed by atoms with Crippen LogP contribution in [-0.4, -0.2) is 31.3 Å². The molecule has 0 aliphatic carbocycles. The van der Waals surface area contributed by atoms with Crippen LogP contribution in [0.2, 0.25) is 0 Å². The zero-order valence-electron chi connectivity index (χ0n) is 3.03. The number of carbonyl (C=O) groups excluding carboxylic acids is 1. The Morgan fingerprint density at radius 2 is 1.88 bits per heavy atom. The summed E-state index contributed by atoms with van der Waals surface area (Å²) < 4.78 is 31.7. The Balaban J connectivity index is 0. The van der Waals surface area contributed by atoms with Gasteiger partial charge in [-0.05, 0) is 0 Å². The van der Waals surface area contributed by atoms with Crippen molar-refractivity contribution in [2.45, 2.75) is 6.43 Å². The normalized spacial score (nSPS) is 8.00. The Labute approximate surface area is 55.1 Å². The van der Waals surface area contributed by atoms with Gasteiger partial charge in [0, 0.05) is 4.53 Å². The fourth-order valence-electron chi connectivity index (χ4n) is 0.0337. The van der Waals surface area contributed by atoms with Crippen LogP contribution in [0.15, 0.2) is 0 Å². The molecule has 0 aromatic carbocycles. The van der Waals surface area contributed by atoms with E-state index in [1.165, 1.54) is 0 Å². The van der Waals surface area contributed by atoms with Crippen LogP contribution in [0.1, 0.15) is 0 Å². The molecule has 0 fully saturated rings. The molecule has 0 atom stereocenters. The van der Waals surface area contributed by atoms with Crippen LogP contribution >= 0.6 is 0 Å². The third-order valence-electron chi connectivity index (χ3n) is 0.254. The third kappa shape index (κ3) is 4.03. The molecule has 0 unspecified atom stereocenters. The minimum absolute atomic E-state index is 0. The topological polar surface area (TPSA) is 26.3 Å². The van der Waals surface area contributed by atoms with Crippen LogP contribution in [0, 0.1) is 0 Å². The van der Waals surface area contributed by atoms with Crippen LogP contribution < -0.4 is 0 Å². The van der Waals surface area contributed by atoms with Gasteiger partial charge in [-0.3, -0.25) is 0 Å². The van der Waals surface area contributed by atoms with Gasteiger partial charge >= 0.3 is 31.3 Å². The molecule has 0 saturated heterocycles. The predicted molar refractivity (Wildman–Crippen MR) is 20.4 cm³/mol. The van der Waals surface area contributed by atoms with E-state index in [2.05, 4.69) is 4.94 Å². The Hall–Kier alpha value is -0.143. The number of hydrogen-bond acceptors (Lipinski definition) is 2. The van der Waals surface area contributed by atoms with Gasteiger partial charge < -0.3 is 0 Å². The zero-order chi connectivity index (χ0) is 5.86. The molecule has 6 heteroatoms. The summed E-state index contributed by atoms with van der Waals surface area (Å²) in [5.74, 6) is -2.15. The molecule has 0 amide bonds. The van der Waals surface area contributed by atoms with Crippen LogP contribution in [-0.2, 0) is 9.74 Å². The molecule has 0 heterocycles. The molecule has 2 nitrogen and oxygen atoms in total. The van der Waals surface area contributed by atoms with Gasteiger partial charge in [-0.25, -0.2) is 9.74 Å². The molecule has 0 saturated carbocycles. The first-order chi connectivity index (χ1) is 3.18. The SMILES string of the molecule is O=C(OF)C(F)F.[LiH]. The molecule has 0 radical (unpaired) electrons. The van der Waals surface area contributed by atoms with E-state index in [-0.39, 0.29) is 18.9 Å². The van der Waals surface area contributed by atoms with Crippen LogP contribution in [0.25, 0.3) is 0 Å². The number of rotatable bonds is 1.